The highest BCUT2D eigenvalue weighted by molar-refractivity contribution is 8.02. The van der Waals surface area contributed by atoms with Gasteiger partial charge in [-0.1, -0.05) is 18.3 Å². The molecule has 0 saturated heterocycles. The van der Waals surface area contributed by atoms with Crippen LogP contribution in [0.25, 0.3) is 0 Å². The number of amides is 2. The first kappa shape index (κ1) is 13.0. The van der Waals surface area contributed by atoms with Crippen LogP contribution in [0, 0.1) is 0 Å². The standard InChI is InChI=1S/C10H12N4O2S2/c1-2-8-12-13-10(18-8)11-7(15)5-14-3-4-17-6-9(14)16/h3-4H,2,5-6H2,1H3,(H,11,13,15). The molecule has 8 heteroatoms. The van der Waals surface area contributed by atoms with Crippen LogP contribution >= 0.6 is 23.1 Å². The maximum atomic E-state index is 11.7. The molecule has 2 rings (SSSR count). The van der Waals surface area contributed by atoms with Gasteiger partial charge in [-0.3, -0.25) is 14.9 Å². The molecule has 0 unspecified atom stereocenters. The molecule has 96 valence electrons. The number of carbonyl (C=O) groups excluding carboxylic acids is 2. The molecule has 0 aliphatic carbocycles. The van der Waals surface area contributed by atoms with Gasteiger partial charge in [0.25, 0.3) is 0 Å². The number of thioether (sulfide) groups is 1. The van der Waals surface area contributed by atoms with Gasteiger partial charge in [0.05, 0.1) is 5.75 Å². The van der Waals surface area contributed by atoms with Gasteiger partial charge in [0, 0.05) is 6.20 Å². The molecular weight excluding hydrogens is 272 g/mol. The Bertz CT molecular complexity index is 486. The van der Waals surface area contributed by atoms with Crippen LogP contribution in [-0.2, 0) is 16.0 Å². The minimum atomic E-state index is -0.265. The third-order valence-corrected chi connectivity index (χ3v) is 3.90. The fraction of sp³-hybridized carbons (Fsp3) is 0.400. The van der Waals surface area contributed by atoms with Gasteiger partial charge in [-0.25, -0.2) is 0 Å². The second-order valence-corrected chi connectivity index (χ2v) is 5.48. The predicted molar refractivity (Wildman–Crippen MR) is 71.2 cm³/mol. The number of nitrogens with one attached hydrogen (secondary N) is 1. The molecule has 1 aliphatic heterocycles. The molecule has 0 atom stereocenters. The normalized spacial score (nSPS) is 14.9. The van der Waals surface area contributed by atoms with E-state index in [1.54, 1.807) is 11.6 Å². The van der Waals surface area contributed by atoms with Crippen LogP contribution in [0.5, 0.6) is 0 Å². The van der Waals surface area contributed by atoms with E-state index in [4.69, 9.17) is 0 Å². The van der Waals surface area contributed by atoms with Crippen LogP contribution in [0.2, 0.25) is 0 Å². The average Bonchev–Trinajstić information content (AvgIpc) is 2.80. The Kier molecular flexibility index (Phi) is 4.32. The minimum Gasteiger partial charge on any atom is -0.308 e. The molecule has 0 bridgehead atoms. The smallest absolute Gasteiger partial charge is 0.246 e. The van der Waals surface area contributed by atoms with Gasteiger partial charge in [0.2, 0.25) is 16.9 Å². The minimum absolute atomic E-state index is 0.0108. The number of anilines is 1. The Morgan fingerprint density at radius 1 is 1.56 bits per heavy atom. The fourth-order valence-corrected chi connectivity index (χ4v) is 2.64. The van der Waals surface area contributed by atoms with Gasteiger partial charge >= 0.3 is 0 Å². The molecule has 1 aromatic rings. The molecule has 1 aliphatic rings. The second-order valence-electron chi connectivity index (χ2n) is 3.52. The number of rotatable bonds is 4. The first-order chi connectivity index (χ1) is 8.69. The highest BCUT2D eigenvalue weighted by Crippen LogP contribution is 2.16. The largest absolute Gasteiger partial charge is 0.308 e. The lowest BCUT2D eigenvalue weighted by Gasteiger charge is -2.19. The third kappa shape index (κ3) is 3.30. The first-order valence-corrected chi connectivity index (χ1v) is 7.25. The van der Waals surface area contributed by atoms with Crippen LogP contribution < -0.4 is 5.32 Å². The van der Waals surface area contributed by atoms with Crippen LogP contribution in [0.15, 0.2) is 11.6 Å². The number of hydrogen-bond acceptors (Lipinski definition) is 6. The van der Waals surface area contributed by atoms with Gasteiger partial charge in [0.15, 0.2) is 0 Å². The highest BCUT2D eigenvalue weighted by Gasteiger charge is 2.18. The molecule has 0 saturated carbocycles. The maximum Gasteiger partial charge on any atom is 0.246 e. The Hall–Kier alpha value is -1.41. The SMILES string of the molecule is CCc1nnc(NC(=O)CN2C=CSCC2=O)s1. The van der Waals surface area contributed by atoms with Crippen LogP contribution in [0.1, 0.15) is 11.9 Å². The van der Waals surface area contributed by atoms with E-state index in [1.807, 2.05) is 6.92 Å². The number of carbonyl (C=O) groups is 2. The molecule has 1 N–H and O–H groups in total. The van der Waals surface area contributed by atoms with Crippen LogP contribution in [0.4, 0.5) is 5.13 Å². The molecular formula is C10H12N4O2S2. The van der Waals surface area contributed by atoms with Crippen molar-refractivity contribution in [3.8, 4) is 0 Å². The first-order valence-electron chi connectivity index (χ1n) is 5.39. The second kappa shape index (κ2) is 5.96. The lowest BCUT2D eigenvalue weighted by atomic mass is 10.4. The third-order valence-electron chi connectivity index (χ3n) is 2.19. The zero-order valence-corrected chi connectivity index (χ0v) is 11.4. The average molecular weight is 284 g/mol. The summed E-state index contributed by atoms with van der Waals surface area (Å²) in [6.45, 7) is 1.98. The fourth-order valence-electron chi connectivity index (χ4n) is 1.30. The van der Waals surface area contributed by atoms with Gasteiger partial charge in [-0.15, -0.1) is 22.0 Å². The Balaban J connectivity index is 1.90. The molecule has 2 heterocycles. The van der Waals surface area contributed by atoms with E-state index in [1.165, 1.54) is 28.0 Å². The number of aromatic nitrogens is 2. The Labute approximate surface area is 112 Å². The lowest BCUT2D eigenvalue weighted by molar-refractivity contribution is -0.129. The quantitative estimate of drug-likeness (QED) is 0.895. The Morgan fingerprint density at radius 2 is 2.39 bits per heavy atom. The van der Waals surface area contributed by atoms with Crippen molar-refractivity contribution in [2.45, 2.75) is 13.3 Å². The van der Waals surface area contributed by atoms with E-state index in [9.17, 15) is 9.59 Å². The predicted octanol–water partition coefficient (Wildman–Crippen LogP) is 1.09. The van der Waals surface area contributed by atoms with E-state index >= 15 is 0 Å². The van der Waals surface area contributed by atoms with Gasteiger partial charge in [0.1, 0.15) is 11.6 Å². The van der Waals surface area contributed by atoms with Gasteiger partial charge < -0.3 is 4.90 Å². The number of nitrogens with zero attached hydrogens (tertiary/aromatic N) is 3. The van der Waals surface area contributed by atoms with Crippen molar-refractivity contribution >= 4 is 40.0 Å². The van der Waals surface area contributed by atoms with E-state index < -0.39 is 0 Å². The summed E-state index contributed by atoms with van der Waals surface area (Å²) in [5, 5.41) is 13.5. The molecule has 0 fully saturated rings. The summed E-state index contributed by atoms with van der Waals surface area (Å²) in [6.07, 6.45) is 2.41. The van der Waals surface area contributed by atoms with Gasteiger partial charge in [-0.2, -0.15) is 0 Å². The molecule has 2 amide bonds. The van der Waals surface area contributed by atoms with E-state index in [-0.39, 0.29) is 18.4 Å². The van der Waals surface area contributed by atoms with Crippen molar-refractivity contribution in [1.82, 2.24) is 15.1 Å². The topological polar surface area (TPSA) is 75.2 Å². The number of hydrogen-bond donors (Lipinski definition) is 1. The molecule has 18 heavy (non-hydrogen) atoms. The zero-order valence-electron chi connectivity index (χ0n) is 9.75. The molecule has 0 spiro atoms. The summed E-state index contributed by atoms with van der Waals surface area (Å²) >= 11 is 2.76. The zero-order chi connectivity index (χ0) is 13.0. The Morgan fingerprint density at radius 3 is 3.06 bits per heavy atom. The highest BCUT2D eigenvalue weighted by atomic mass is 32.2. The van der Waals surface area contributed by atoms with E-state index in [2.05, 4.69) is 15.5 Å². The molecule has 0 radical (unpaired) electrons. The van der Waals surface area contributed by atoms with Crippen LogP contribution in [0.3, 0.4) is 0 Å². The summed E-state index contributed by atoms with van der Waals surface area (Å²) in [4.78, 5) is 24.6. The van der Waals surface area contributed by atoms with Crippen LogP contribution in [-0.4, -0.2) is 39.2 Å². The van der Waals surface area contributed by atoms with Crippen molar-refractivity contribution in [1.29, 1.82) is 0 Å². The summed E-state index contributed by atoms with van der Waals surface area (Å²) in [5.74, 6) is 0.0469. The summed E-state index contributed by atoms with van der Waals surface area (Å²) in [6, 6.07) is 0. The van der Waals surface area contributed by atoms with E-state index in [0.29, 0.717) is 10.9 Å². The molecule has 0 aromatic carbocycles. The summed E-state index contributed by atoms with van der Waals surface area (Å²) in [7, 11) is 0. The summed E-state index contributed by atoms with van der Waals surface area (Å²) < 4.78 is 0. The molecule has 1 aromatic heterocycles. The monoisotopic (exact) mass is 284 g/mol. The lowest BCUT2D eigenvalue weighted by Crippen LogP contribution is -2.36. The van der Waals surface area contributed by atoms with Gasteiger partial charge in [-0.05, 0) is 11.8 Å². The number of aryl methyl sites for hydroxylation is 1. The maximum absolute atomic E-state index is 11.7. The summed E-state index contributed by atoms with van der Waals surface area (Å²) in [5.41, 5.74) is 0. The van der Waals surface area contributed by atoms with E-state index in [0.717, 1.165) is 11.4 Å². The van der Waals surface area contributed by atoms with Crippen molar-refractivity contribution < 1.29 is 9.59 Å². The van der Waals surface area contributed by atoms with Crippen molar-refractivity contribution in [3.05, 3.63) is 16.6 Å². The van der Waals surface area contributed by atoms with Crippen molar-refractivity contribution in [2.75, 3.05) is 17.6 Å². The molecule has 6 nitrogen and oxygen atoms in total. The van der Waals surface area contributed by atoms with Crippen molar-refractivity contribution in [2.24, 2.45) is 0 Å². The van der Waals surface area contributed by atoms with Crippen molar-refractivity contribution in [3.63, 3.8) is 0 Å².